The van der Waals surface area contributed by atoms with Gasteiger partial charge in [0.2, 0.25) is 0 Å². The van der Waals surface area contributed by atoms with Gasteiger partial charge in [-0.25, -0.2) is 0 Å². The van der Waals surface area contributed by atoms with Gasteiger partial charge in [-0.3, -0.25) is 0 Å². The summed E-state index contributed by atoms with van der Waals surface area (Å²) in [5, 5.41) is 9.57. The van der Waals surface area contributed by atoms with Crippen LogP contribution in [0.3, 0.4) is 0 Å². The molecule has 0 heterocycles. The van der Waals surface area contributed by atoms with Crippen LogP contribution >= 0.6 is 0 Å². The molecule has 1 aliphatic rings. The molecular weight excluding hydrogens is 412 g/mol. The molecule has 0 fully saturated rings. The summed E-state index contributed by atoms with van der Waals surface area (Å²) in [4.78, 5) is 0. The van der Waals surface area contributed by atoms with Crippen LogP contribution in [-0.4, -0.2) is 11.7 Å². The zero-order valence-electron chi connectivity index (χ0n) is 22.7. The number of hydrogen-bond acceptors (Lipinski definition) is 1. The molecule has 0 aromatic rings. The first-order chi connectivity index (χ1) is 16.1. The lowest BCUT2D eigenvalue weighted by atomic mass is 9.68. The van der Waals surface area contributed by atoms with Crippen molar-refractivity contribution in [1.82, 2.24) is 0 Å². The Labute approximate surface area is 209 Å². The van der Waals surface area contributed by atoms with Crippen LogP contribution in [0.15, 0.2) is 119 Å². The van der Waals surface area contributed by atoms with Gasteiger partial charge in [0.25, 0.3) is 0 Å². The Hall–Kier alpha value is -2.64. The summed E-state index contributed by atoms with van der Waals surface area (Å²) in [5.41, 5.74) is 7.82. The summed E-state index contributed by atoms with van der Waals surface area (Å²) in [6.45, 7) is 17.5. The molecule has 1 unspecified atom stereocenters. The third kappa shape index (κ3) is 11.5. The van der Waals surface area contributed by atoms with E-state index in [1.807, 2.05) is 13.0 Å². The second-order valence-corrected chi connectivity index (χ2v) is 10.1. The molecule has 1 aliphatic carbocycles. The normalized spacial score (nSPS) is 21.5. The molecule has 1 rings (SSSR count). The van der Waals surface area contributed by atoms with E-state index in [0.717, 1.165) is 12.8 Å². The highest BCUT2D eigenvalue weighted by molar-refractivity contribution is 5.38. The first kappa shape index (κ1) is 29.4. The van der Waals surface area contributed by atoms with Crippen LogP contribution in [0.1, 0.15) is 68.2 Å². The van der Waals surface area contributed by atoms with Crippen molar-refractivity contribution in [2.24, 2.45) is 11.3 Å². The molecule has 0 aromatic heterocycles. The largest absolute Gasteiger partial charge is 0.396 e. The maximum absolute atomic E-state index is 9.57. The summed E-state index contributed by atoms with van der Waals surface area (Å²) in [6.07, 6.45) is 31.8. The molecule has 1 N–H and O–H groups in total. The van der Waals surface area contributed by atoms with Crippen molar-refractivity contribution in [1.29, 1.82) is 0 Å². The van der Waals surface area contributed by atoms with Crippen molar-refractivity contribution in [2.45, 2.75) is 68.2 Å². The molecule has 1 heteroatoms. The molecule has 0 amide bonds. The van der Waals surface area contributed by atoms with Crippen LogP contribution in [0.2, 0.25) is 0 Å². The van der Waals surface area contributed by atoms with Gasteiger partial charge in [0.15, 0.2) is 0 Å². The maximum atomic E-state index is 9.57. The van der Waals surface area contributed by atoms with E-state index in [0.29, 0.717) is 5.92 Å². The Balaban J connectivity index is 2.69. The lowest BCUT2D eigenvalue weighted by molar-refractivity contribution is 0.174. The van der Waals surface area contributed by atoms with Crippen molar-refractivity contribution in [2.75, 3.05) is 6.61 Å². The molecule has 184 valence electrons. The quantitative estimate of drug-likeness (QED) is 0.323. The fraction of sp³-hybridized carbons (Fsp3) is 0.394. The van der Waals surface area contributed by atoms with Crippen molar-refractivity contribution >= 4 is 0 Å². The molecule has 34 heavy (non-hydrogen) atoms. The molecule has 0 saturated carbocycles. The standard InChI is InChI=1S/C33H46O/c1-9-14-26(2)17-12-18-27(3)15-10-11-16-28(4)19-13-20-29(5)21-22-32-30(6)23-31(25-34)24-33(32,7)8/h9-22,31,34H,23-25H2,1-8H3/b11-10+,14-9+,18-12+,19-13+,22-21+,26-17+,27-15+,28-16+,29-20+. The van der Waals surface area contributed by atoms with Crippen molar-refractivity contribution in [3.63, 3.8) is 0 Å². The molecule has 0 radical (unpaired) electrons. The minimum absolute atomic E-state index is 0.110. The number of hydrogen-bond donors (Lipinski definition) is 1. The fourth-order valence-corrected chi connectivity index (χ4v) is 4.34. The molecule has 0 aromatic carbocycles. The second-order valence-electron chi connectivity index (χ2n) is 10.1. The smallest absolute Gasteiger partial charge is 0.0462 e. The van der Waals surface area contributed by atoms with Crippen molar-refractivity contribution in [3.8, 4) is 0 Å². The van der Waals surface area contributed by atoms with Gasteiger partial charge in [-0.15, -0.1) is 0 Å². The van der Waals surface area contributed by atoms with Crippen molar-refractivity contribution in [3.05, 3.63) is 119 Å². The van der Waals surface area contributed by atoms with Crippen molar-refractivity contribution < 1.29 is 5.11 Å². The summed E-state index contributed by atoms with van der Waals surface area (Å²) in [5.74, 6) is 0.390. The third-order valence-corrected chi connectivity index (χ3v) is 6.05. The Morgan fingerprint density at radius 1 is 0.794 bits per heavy atom. The van der Waals surface area contributed by atoms with Gasteiger partial charge in [0.1, 0.15) is 0 Å². The summed E-state index contributed by atoms with van der Waals surface area (Å²) < 4.78 is 0. The second kappa shape index (κ2) is 15.3. The molecule has 0 aliphatic heterocycles. The highest BCUT2D eigenvalue weighted by Gasteiger charge is 2.31. The Kier molecular flexibility index (Phi) is 13.2. The zero-order valence-corrected chi connectivity index (χ0v) is 22.7. The van der Waals surface area contributed by atoms with Gasteiger partial charge in [-0.2, -0.15) is 0 Å². The van der Waals surface area contributed by atoms with Crippen LogP contribution in [0.25, 0.3) is 0 Å². The van der Waals surface area contributed by atoms with E-state index in [4.69, 9.17) is 0 Å². The van der Waals surface area contributed by atoms with E-state index in [2.05, 4.69) is 127 Å². The lowest BCUT2D eigenvalue weighted by Crippen LogP contribution is -2.27. The summed E-state index contributed by atoms with van der Waals surface area (Å²) in [6, 6.07) is 0. The maximum Gasteiger partial charge on any atom is 0.0462 e. The SMILES string of the molecule is C/C=C/C(C)=C/C=C/C(C)=C/C=C/C=C(C)/C=C/C=C(C)/C=C/C1=C(C)CC(CO)CC1(C)C. The molecule has 1 nitrogen and oxygen atoms in total. The molecule has 1 atom stereocenters. The van der Waals surface area contributed by atoms with E-state index in [1.165, 1.54) is 33.4 Å². The van der Waals surface area contributed by atoms with Gasteiger partial charge < -0.3 is 5.11 Å². The average molecular weight is 459 g/mol. The van der Waals surface area contributed by atoms with Gasteiger partial charge >= 0.3 is 0 Å². The summed E-state index contributed by atoms with van der Waals surface area (Å²) in [7, 11) is 0. The molecule has 0 spiro atoms. The van der Waals surface area contributed by atoms with Crippen LogP contribution in [0, 0.1) is 11.3 Å². The Bertz CT molecular complexity index is 962. The van der Waals surface area contributed by atoms with Crippen LogP contribution in [-0.2, 0) is 0 Å². The van der Waals surface area contributed by atoms with Gasteiger partial charge in [-0.1, -0.05) is 127 Å². The summed E-state index contributed by atoms with van der Waals surface area (Å²) >= 11 is 0. The zero-order chi connectivity index (χ0) is 25.6. The highest BCUT2D eigenvalue weighted by Crippen LogP contribution is 2.43. The highest BCUT2D eigenvalue weighted by atomic mass is 16.3. The predicted molar refractivity (Wildman–Crippen MR) is 153 cm³/mol. The topological polar surface area (TPSA) is 20.2 Å². The molecule has 0 saturated heterocycles. The minimum Gasteiger partial charge on any atom is -0.396 e. The number of rotatable bonds is 10. The van der Waals surface area contributed by atoms with E-state index in [1.54, 1.807) is 0 Å². The average Bonchev–Trinajstić information content (AvgIpc) is 2.75. The minimum atomic E-state index is 0.110. The number of aliphatic hydroxyl groups is 1. The predicted octanol–water partition coefficient (Wildman–Crippen LogP) is 9.32. The van der Waals surface area contributed by atoms with E-state index in [9.17, 15) is 5.11 Å². The van der Waals surface area contributed by atoms with E-state index < -0.39 is 0 Å². The number of allylic oxidation sites excluding steroid dienone is 20. The Morgan fingerprint density at radius 2 is 1.26 bits per heavy atom. The first-order valence-corrected chi connectivity index (χ1v) is 12.4. The van der Waals surface area contributed by atoms with Gasteiger partial charge in [-0.05, 0) is 71.3 Å². The monoisotopic (exact) mass is 458 g/mol. The van der Waals surface area contributed by atoms with Crippen LogP contribution in [0.5, 0.6) is 0 Å². The molecular formula is C33H46O. The Morgan fingerprint density at radius 3 is 1.74 bits per heavy atom. The lowest BCUT2D eigenvalue weighted by Gasteiger charge is -2.37. The van der Waals surface area contributed by atoms with Gasteiger partial charge in [0.05, 0.1) is 0 Å². The third-order valence-electron chi connectivity index (χ3n) is 6.05. The van der Waals surface area contributed by atoms with E-state index in [-0.39, 0.29) is 12.0 Å². The fourth-order valence-electron chi connectivity index (χ4n) is 4.34. The first-order valence-electron chi connectivity index (χ1n) is 12.4. The van der Waals surface area contributed by atoms with E-state index >= 15 is 0 Å². The molecule has 0 bridgehead atoms. The van der Waals surface area contributed by atoms with Crippen LogP contribution in [0.4, 0.5) is 0 Å². The van der Waals surface area contributed by atoms with Gasteiger partial charge in [0, 0.05) is 6.61 Å². The van der Waals surface area contributed by atoms with Crippen LogP contribution < -0.4 is 0 Å². The number of aliphatic hydroxyl groups excluding tert-OH is 1.